The molecule has 0 aromatic rings. The van der Waals surface area contributed by atoms with Crippen molar-refractivity contribution in [1.82, 2.24) is 4.90 Å². The number of rotatable bonds is 4. The summed E-state index contributed by atoms with van der Waals surface area (Å²) in [6.07, 6.45) is 3.84. The molecule has 0 aromatic heterocycles. The topological polar surface area (TPSA) is 46.6 Å². The second-order valence-electron chi connectivity index (χ2n) is 5.12. The predicted molar refractivity (Wildman–Crippen MR) is 71.4 cm³/mol. The smallest absolute Gasteiger partial charge is 0.223 e. The van der Waals surface area contributed by atoms with Gasteiger partial charge in [0.15, 0.2) is 5.12 Å². The second-order valence-corrected chi connectivity index (χ2v) is 6.60. The van der Waals surface area contributed by atoms with E-state index in [9.17, 15) is 9.59 Å². The molecule has 2 aliphatic heterocycles. The summed E-state index contributed by atoms with van der Waals surface area (Å²) in [4.78, 5) is 24.8. The number of hydrogen-bond acceptors (Lipinski definition) is 4. The van der Waals surface area contributed by atoms with Gasteiger partial charge in [-0.05, 0) is 25.2 Å². The Morgan fingerprint density at radius 1 is 1.44 bits per heavy atom. The molecule has 2 heterocycles. The van der Waals surface area contributed by atoms with Gasteiger partial charge in [0.1, 0.15) is 0 Å². The lowest BCUT2D eigenvalue weighted by molar-refractivity contribution is -0.127. The summed E-state index contributed by atoms with van der Waals surface area (Å²) in [7, 11) is 0. The summed E-state index contributed by atoms with van der Waals surface area (Å²) >= 11 is 1.31. The Balaban J connectivity index is 1.72. The van der Waals surface area contributed by atoms with Crippen molar-refractivity contribution >= 4 is 22.8 Å². The molecule has 102 valence electrons. The van der Waals surface area contributed by atoms with Gasteiger partial charge in [-0.2, -0.15) is 0 Å². The summed E-state index contributed by atoms with van der Waals surface area (Å²) in [5.41, 5.74) is 0. The zero-order valence-corrected chi connectivity index (χ0v) is 11.7. The fourth-order valence-electron chi connectivity index (χ4n) is 2.64. The van der Waals surface area contributed by atoms with Gasteiger partial charge in [0.05, 0.1) is 0 Å². The molecule has 0 radical (unpaired) electrons. The van der Waals surface area contributed by atoms with Gasteiger partial charge in [0.25, 0.3) is 0 Å². The van der Waals surface area contributed by atoms with Crippen molar-refractivity contribution in [2.75, 3.05) is 26.3 Å². The number of amides is 1. The minimum atomic E-state index is 0.110. The molecule has 5 heteroatoms. The number of ether oxygens (including phenoxy) is 1. The average molecular weight is 271 g/mol. The van der Waals surface area contributed by atoms with Crippen LogP contribution in [0.5, 0.6) is 0 Å². The molecule has 0 aliphatic carbocycles. The minimum absolute atomic E-state index is 0.110. The Labute approximate surface area is 112 Å². The molecule has 18 heavy (non-hydrogen) atoms. The van der Waals surface area contributed by atoms with Crippen LogP contribution in [0.25, 0.3) is 0 Å². The van der Waals surface area contributed by atoms with Crippen molar-refractivity contribution in [3.63, 3.8) is 0 Å². The van der Waals surface area contributed by atoms with Crippen LogP contribution < -0.4 is 0 Å². The highest BCUT2D eigenvalue weighted by Crippen LogP contribution is 2.26. The lowest BCUT2D eigenvalue weighted by atomic mass is 9.96. The van der Waals surface area contributed by atoms with Crippen molar-refractivity contribution in [1.29, 1.82) is 0 Å². The molecule has 0 aromatic carbocycles. The van der Waals surface area contributed by atoms with Gasteiger partial charge in [0, 0.05) is 44.9 Å². The standard InChI is InChI=1S/C13H21NO3S/c1-10(15)18-12-8-13(16)14(9-12)5-2-11-3-6-17-7-4-11/h11-12H,2-9H2,1H3. The maximum atomic E-state index is 11.8. The summed E-state index contributed by atoms with van der Waals surface area (Å²) in [6.45, 7) is 4.88. The fraction of sp³-hybridized carbons (Fsp3) is 0.846. The lowest BCUT2D eigenvalue weighted by Crippen LogP contribution is -2.29. The van der Waals surface area contributed by atoms with Crippen LogP contribution in [-0.2, 0) is 14.3 Å². The largest absolute Gasteiger partial charge is 0.381 e. The van der Waals surface area contributed by atoms with Gasteiger partial charge in [-0.25, -0.2) is 0 Å². The Morgan fingerprint density at radius 3 is 2.83 bits per heavy atom. The first-order chi connectivity index (χ1) is 8.65. The highest BCUT2D eigenvalue weighted by molar-refractivity contribution is 8.14. The van der Waals surface area contributed by atoms with E-state index in [4.69, 9.17) is 4.74 Å². The Morgan fingerprint density at radius 2 is 2.17 bits per heavy atom. The second kappa shape index (κ2) is 6.57. The van der Waals surface area contributed by atoms with Gasteiger partial charge in [-0.15, -0.1) is 0 Å². The number of thioether (sulfide) groups is 1. The number of carbonyl (C=O) groups is 2. The fourth-order valence-corrected chi connectivity index (χ4v) is 3.59. The molecule has 4 nitrogen and oxygen atoms in total. The number of carbonyl (C=O) groups excluding carboxylic acids is 2. The Hall–Kier alpha value is -0.550. The number of hydrogen-bond donors (Lipinski definition) is 0. The van der Waals surface area contributed by atoms with E-state index in [2.05, 4.69) is 0 Å². The first-order valence-electron chi connectivity index (χ1n) is 6.68. The molecule has 2 aliphatic rings. The third-order valence-electron chi connectivity index (χ3n) is 3.66. The highest BCUT2D eigenvalue weighted by Gasteiger charge is 2.31. The van der Waals surface area contributed by atoms with E-state index in [0.717, 1.165) is 45.6 Å². The third-order valence-corrected chi connectivity index (χ3v) is 4.64. The van der Waals surface area contributed by atoms with Crippen LogP contribution >= 0.6 is 11.8 Å². The molecule has 1 amide bonds. The average Bonchev–Trinajstić information content (AvgIpc) is 2.67. The quantitative estimate of drug-likeness (QED) is 0.780. The van der Waals surface area contributed by atoms with Crippen molar-refractivity contribution in [3.8, 4) is 0 Å². The van der Waals surface area contributed by atoms with Crippen LogP contribution in [0, 0.1) is 5.92 Å². The van der Waals surface area contributed by atoms with Crippen molar-refractivity contribution in [3.05, 3.63) is 0 Å². The number of nitrogens with zero attached hydrogens (tertiary/aromatic N) is 1. The molecule has 0 spiro atoms. The van der Waals surface area contributed by atoms with Gasteiger partial charge >= 0.3 is 0 Å². The first-order valence-corrected chi connectivity index (χ1v) is 7.56. The minimum Gasteiger partial charge on any atom is -0.381 e. The van der Waals surface area contributed by atoms with E-state index in [1.54, 1.807) is 6.92 Å². The maximum absolute atomic E-state index is 11.8. The molecule has 2 saturated heterocycles. The Bertz CT molecular complexity index is 315. The normalized spacial score (nSPS) is 25.7. The first kappa shape index (κ1) is 13.9. The summed E-state index contributed by atoms with van der Waals surface area (Å²) in [5.74, 6) is 0.909. The van der Waals surface area contributed by atoms with E-state index < -0.39 is 0 Å². The van der Waals surface area contributed by atoms with E-state index in [1.807, 2.05) is 4.90 Å². The van der Waals surface area contributed by atoms with Gasteiger partial charge in [-0.1, -0.05) is 11.8 Å². The lowest BCUT2D eigenvalue weighted by Gasteiger charge is -2.24. The molecular formula is C13H21NO3S. The van der Waals surface area contributed by atoms with Crippen LogP contribution in [-0.4, -0.2) is 47.5 Å². The zero-order valence-electron chi connectivity index (χ0n) is 10.9. The van der Waals surface area contributed by atoms with Crippen LogP contribution in [0.2, 0.25) is 0 Å². The van der Waals surface area contributed by atoms with E-state index in [-0.39, 0.29) is 16.3 Å². The number of likely N-dealkylation sites (tertiary alicyclic amines) is 1. The van der Waals surface area contributed by atoms with Crippen molar-refractivity contribution in [2.45, 2.75) is 37.9 Å². The molecule has 2 fully saturated rings. The van der Waals surface area contributed by atoms with Crippen LogP contribution in [0.4, 0.5) is 0 Å². The molecule has 0 N–H and O–H groups in total. The third kappa shape index (κ3) is 3.99. The van der Waals surface area contributed by atoms with Gasteiger partial charge in [0.2, 0.25) is 5.91 Å². The van der Waals surface area contributed by atoms with Crippen LogP contribution in [0.15, 0.2) is 0 Å². The predicted octanol–water partition coefficient (Wildman–Crippen LogP) is 1.68. The SMILES string of the molecule is CC(=O)SC1CC(=O)N(CCC2CCOCC2)C1. The summed E-state index contributed by atoms with van der Waals surface area (Å²) < 4.78 is 5.33. The molecule has 0 bridgehead atoms. The molecule has 0 saturated carbocycles. The van der Waals surface area contributed by atoms with Crippen LogP contribution in [0.3, 0.4) is 0 Å². The van der Waals surface area contributed by atoms with Crippen molar-refractivity contribution < 1.29 is 14.3 Å². The van der Waals surface area contributed by atoms with Crippen LogP contribution in [0.1, 0.15) is 32.6 Å². The van der Waals surface area contributed by atoms with E-state index in [0.29, 0.717) is 12.3 Å². The highest BCUT2D eigenvalue weighted by atomic mass is 32.2. The molecule has 2 rings (SSSR count). The monoisotopic (exact) mass is 271 g/mol. The van der Waals surface area contributed by atoms with E-state index >= 15 is 0 Å². The molecule has 1 unspecified atom stereocenters. The summed E-state index contributed by atoms with van der Waals surface area (Å²) in [6, 6.07) is 0. The van der Waals surface area contributed by atoms with Gasteiger partial charge < -0.3 is 9.64 Å². The van der Waals surface area contributed by atoms with Gasteiger partial charge in [-0.3, -0.25) is 9.59 Å². The Kier molecular flexibility index (Phi) is 5.06. The maximum Gasteiger partial charge on any atom is 0.223 e. The molecule has 1 atom stereocenters. The summed E-state index contributed by atoms with van der Waals surface area (Å²) in [5, 5.41) is 0.281. The zero-order chi connectivity index (χ0) is 13.0. The van der Waals surface area contributed by atoms with Crippen molar-refractivity contribution in [2.24, 2.45) is 5.92 Å². The molecular weight excluding hydrogens is 250 g/mol. The van der Waals surface area contributed by atoms with E-state index in [1.165, 1.54) is 11.8 Å².